The molecule has 0 spiro atoms. The molecule has 0 radical (unpaired) electrons. The Morgan fingerprint density at radius 2 is 1.91 bits per heavy atom. The van der Waals surface area contributed by atoms with E-state index in [2.05, 4.69) is 29.6 Å². The minimum absolute atomic E-state index is 0.0142. The Bertz CT molecular complexity index is 1240. The maximum absolute atomic E-state index is 13.4. The Balaban J connectivity index is 1.55. The summed E-state index contributed by atoms with van der Waals surface area (Å²) < 4.78 is 5.98. The molecule has 0 saturated heterocycles. The lowest BCUT2D eigenvalue weighted by Gasteiger charge is -2.19. The van der Waals surface area contributed by atoms with Gasteiger partial charge in [0.1, 0.15) is 0 Å². The fourth-order valence-electron chi connectivity index (χ4n) is 4.25. The highest BCUT2D eigenvalue weighted by Crippen LogP contribution is 2.25. The van der Waals surface area contributed by atoms with E-state index in [1.807, 2.05) is 67.6 Å². The molecule has 2 N–H and O–H groups in total. The second-order valence-corrected chi connectivity index (χ2v) is 8.55. The number of aliphatic carboxylic acids is 1. The first-order valence-corrected chi connectivity index (χ1v) is 11.6. The third kappa shape index (κ3) is 5.80. The first-order chi connectivity index (χ1) is 16.5. The van der Waals surface area contributed by atoms with Crippen LogP contribution in [0.15, 0.2) is 85.0 Å². The van der Waals surface area contributed by atoms with E-state index in [-0.39, 0.29) is 30.9 Å². The molecule has 5 heteroatoms. The van der Waals surface area contributed by atoms with Crippen molar-refractivity contribution in [1.29, 1.82) is 0 Å². The zero-order valence-corrected chi connectivity index (χ0v) is 19.2. The minimum atomic E-state index is -0.889. The van der Waals surface area contributed by atoms with Gasteiger partial charge in [-0.15, -0.1) is 0 Å². The zero-order chi connectivity index (χ0) is 23.9. The first-order valence-electron chi connectivity index (χ1n) is 11.6. The van der Waals surface area contributed by atoms with Crippen LogP contribution in [0, 0.1) is 0 Å². The summed E-state index contributed by atoms with van der Waals surface area (Å²) in [5, 5.41) is 14.5. The molecular formula is C29H29NO4. The van der Waals surface area contributed by atoms with Gasteiger partial charge in [0.2, 0.25) is 0 Å². The van der Waals surface area contributed by atoms with Crippen LogP contribution in [-0.4, -0.2) is 23.1 Å². The van der Waals surface area contributed by atoms with Crippen molar-refractivity contribution in [1.82, 2.24) is 5.32 Å². The van der Waals surface area contributed by atoms with Crippen molar-refractivity contribution in [2.24, 2.45) is 0 Å². The van der Waals surface area contributed by atoms with Crippen molar-refractivity contribution < 1.29 is 19.4 Å². The molecule has 34 heavy (non-hydrogen) atoms. The van der Waals surface area contributed by atoms with Crippen LogP contribution in [0.25, 0.3) is 10.8 Å². The van der Waals surface area contributed by atoms with E-state index in [1.54, 1.807) is 0 Å². The first kappa shape index (κ1) is 23.5. The molecule has 5 nitrogen and oxygen atoms in total. The summed E-state index contributed by atoms with van der Waals surface area (Å²) in [6, 6.07) is 19.5. The van der Waals surface area contributed by atoms with Crippen LogP contribution >= 0.6 is 0 Å². The number of fused-ring (bicyclic) bond motifs is 1. The largest absolute Gasteiger partial charge is 0.481 e. The third-order valence-corrected chi connectivity index (χ3v) is 6.07. The van der Waals surface area contributed by atoms with Gasteiger partial charge in [-0.1, -0.05) is 78.9 Å². The van der Waals surface area contributed by atoms with Crippen LogP contribution < -0.4 is 5.32 Å². The third-order valence-electron chi connectivity index (χ3n) is 6.07. The zero-order valence-electron chi connectivity index (χ0n) is 19.2. The van der Waals surface area contributed by atoms with Gasteiger partial charge in [-0.25, -0.2) is 0 Å². The van der Waals surface area contributed by atoms with E-state index < -0.39 is 5.97 Å². The van der Waals surface area contributed by atoms with Crippen molar-refractivity contribution in [3.63, 3.8) is 0 Å². The molecule has 0 fully saturated rings. The molecule has 1 amide bonds. The van der Waals surface area contributed by atoms with Gasteiger partial charge in [-0.2, -0.15) is 0 Å². The highest BCUT2D eigenvalue weighted by atomic mass is 16.5. The molecule has 0 saturated carbocycles. The van der Waals surface area contributed by atoms with Crippen molar-refractivity contribution in [2.45, 2.75) is 44.9 Å². The molecular weight excluding hydrogens is 426 g/mol. The predicted molar refractivity (Wildman–Crippen MR) is 134 cm³/mol. The van der Waals surface area contributed by atoms with Gasteiger partial charge in [-0.3, -0.25) is 9.59 Å². The van der Waals surface area contributed by atoms with E-state index >= 15 is 0 Å². The molecule has 174 valence electrons. The Labute approximate surface area is 199 Å². The summed E-state index contributed by atoms with van der Waals surface area (Å²) in [7, 11) is 0. The van der Waals surface area contributed by atoms with Gasteiger partial charge in [-0.05, 0) is 53.3 Å². The molecule has 0 aromatic heterocycles. The second kappa shape index (κ2) is 10.9. The topological polar surface area (TPSA) is 75.6 Å². The number of aryl methyl sites for hydroxylation is 1. The Morgan fingerprint density at radius 3 is 2.71 bits per heavy atom. The molecule has 4 rings (SSSR count). The molecule has 1 unspecified atom stereocenters. The molecule has 1 aliphatic rings. The van der Waals surface area contributed by atoms with Gasteiger partial charge in [0, 0.05) is 12.0 Å². The number of hydrogen-bond acceptors (Lipinski definition) is 3. The summed E-state index contributed by atoms with van der Waals surface area (Å²) in [5.74, 6) is -1.11. The number of allylic oxidation sites excluding steroid dienone is 2. The van der Waals surface area contributed by atoms with Crippen LogP contribution in [0.1, 0.15) is 52.9 Å². The van der Waals surface area contributed by atoms with Gasteiger partial charge < -0.3 is 15.2 Å². The summed E-state index contributed by atoms with van der Waals surface area (Å²) in [6.07, 6.45) is 9.14. The van der Waals surface area contributed by atoms with E-state index in [0.29, 0.717) is 17.7 Å². The van der Waals surface area contributed by atoms with Gasteiger partial charge >= 0.3 is 5.97 Å². The summed E-state index contributed by atoms with van der Waals surface area (Å²) in [4.78, 5) is 24.5. The maximum Gasteiger partial charge on any atom is 0.303 e. The molecule has 0 bridgehead atoms. The highest BCUT2D eigenvalue weighted by Gasteiger charge is 2.18. The number of carboxylic acid groups (broad SMARTS) is 1. The normalized spacial score (nSPS) is 15.9. The van der Waals surface area contributed by atoms with Crippen molar-refractivity contribution in [3.8, 4) is 0 Å². The number of hydrogen-bond donors (Lipinski definition) is 2. The van der Waals surface area contributed by atoms with Crippen LogP contribution in [-0.2, 0) is 22.6 Å². The molecule has 3 aromatic carbocycles. The van der Waals surface area contributed by atoms with E-state index in [9.17, 15) is 9.59 Å². The number of carbonyl (C=O) groups excluding carboxylic acids is 1. The number of benzene rings is 3. The van der Waals surface area contributed by atoms with E-state index in [0.717, 1.165) is 28.3 Å². The molecule has 3 aromatic rings. The number of ether oxygens (including phenoxy) is 1. The quantitative estimate of drug-likeness (QED) is 0.431. The maximum atomic E-state index is 13.4. The van der Waals surface area contributed by atoms with Crippen molar-refractivity contribution in [2.75, 3.05) is 0 Å². The minimum Gasteiger partial charge on any atom is -0.481 e. The van der Waals surface area contributed by atoms with Crippen molar-refractivity contribution >= 4 is 22.6 Å². The fourth-order valence-corrected chi connectivity index (χ4v) is 4.25. The van der Waals surface area contributed by atoms with Crippen LogP contribution in [0.3, 0.4) is 0 Å². The van der Waals surface area contributed by atoms with Crippen molar-refractivity contribution in [3.05, 3.63) is 107 Å². The standard InChI is InChI=1S/C29H29NO4/c1-20(25-13-7-9-22-8-5-6-12-26(22)25)30-29(33)27-18-21(14-15-23(27)16-17-28(31)32)19-34-24-10-3-2-4-11-24/h2-10,12-15,18,20,24H,11,16-17,19H2,1H3,(H,30,33)(H,31,32)/t20-,24?/m1/s1. The molecule has 0 aliphatic heterocycles. The number of carbonyl (C=O) groups is 2. The molecule has 0 heterocycles. The molecule has 1 aliphatic carbocycles. The molecule has 2 atom stereocenters. The Morgan fingerprint density at radius 1 is 1.09 bits per heavy atom. The Hall–Kier alpha value is -3.70. The van der Waals surface area contributed by atoms with Crippen LogP contribution in [0.4, 0.5) is 0 Å². The lowest BCUT2D eigenvalue weighted by atomic mass is 9.97. The number of rotatable bonds is 9. The second-order valence-electron chi connectivity index (χ2n) is 8.55. The van der Waals surface area contributed by atoms with Gasteiger partial charge in [0.15, 0.2) is 0 Å². The fraction of sp³-hybridized carbons (Fsp3) is 0.241. The van der Waals surface area contributed by atoms with Crippen LogP contribution in [0.5, 0.6) is 0 Å². The highest BCUT2D eigenvalue weighted by molar-refractivity contribution is 5.97. The van der Waals surface area contributed by atoms with Gasteiger partial charge in [0.05, 0.1) is 18.8 Å². The predicted octanol–water partition coefficient (Wildman–Crippen LogP) is 5.75. The smallest absolute Gasteiger partial charge is 0.303 e. The van der Waals surface area contributed by atoms with E-state index in [1.165, 1.54) is 0 Å². The summed E-state index contributed by atoms with van der Waals surface area (Å²) in [6.45, 7) is 2.34. The lowest BCUT2D eigenvalue weighted by molar-refractivity contribution is -0.136. The SMILES string of the molecule is C[C@@H](NC(=O)c1cc(COC2C=CC=CC2)ccc1CCC(=O)O)c1cccc2ccccc12. The average Bonchev–Trinajstić information content (AvgIpc) is 2.86. The van der Waals surface area contributed by atoms with Crippen LogP contribution in [0.2, 0.25) is 0 Å². The number of nitrogens with one attached hydrogen (secondary N) is 1. The number of carboxylic acids is 1. The lowest BCUT2D eigenvalue weighted by Crippen LogP contribution is -2.28. The monoisotopic (exact) mass is 455 g/mol. The van der Waals surface area contributed by atoms with Gasteiger partial charge in [0.25, 0.3) is 5.91 Å². The summed E-state index contributed by atoms with van der Waals surface area (Å²) >= 11 is 0. The summed E-state index contributed by atoms with van der Waals surface area (Å²) in [5.41, 5.74) is 3.13. The average molecular weight is 456 g/mol. The number of amides is 1. The van der Waals surface area contributed by atoms with E-state index in [4.69, 9.17) is 9.84 Å². The Kier molecular flexibility index (Phi) is 7.55.